The van der Waals surface area contributed by atoms with Crippen molar-refractivity contribution in [3.05, 3.63) is 18.3 Å². The number of anilines is 1. The van der Waals surface area contributed by atoms with Crippen molar-refractivity contribution in [3.63, 3.8) is 0 Å². The lowest BCUT2D eigenvalue weighted by Crippen LogP contribution is -2.26. The highest BCUT2D eigenvalue weighted by molar-refractivity contribution is 5.52. The summed E-state index contributed by atoms with van der Waals surface area (Å²) in [4.78, 5) is 4.29. The standard InChI is InChI=1S/C16H26N2O/c1-3-6-13-8-10-14(11-9-13)18-15-7-5-12-17-16(15)19-4-2/h5,7,12-14,18H,3-4,6,8-11H2,1-2H3. The molecule has 3 heteroatoms. The molecule has 1 fully saturated rings. The van der Waals surface area contributed by atoms with Crippen LogP contribution in [0.25, 0.3) is 0 Å². The molecule has 1 saturated carbocycles. The van der Waals surface area contributed by atoms with Crippen LogP contribution in [0.3, 0.4) is 0 Å². The molecular weight excluding hydrogens is 236 g/mol. The topological polar surface area (TPSA) is 34.2 Å². The van der Waals surface area contributed by atoms with Crippen LogP contribution in [-0.4, -0.2) is 17.6 Å². The Bertz CT molecular complexity index is 373. The smallest absolute Gasteiger partial charge is 0.237 e. The molecule has 0 aromatic carbocycles. The van der Waals surface area contributed by atoms with E-state index in [0.717, 1.165) is 17.5 Å². The average Bonchev–Trinajstić information content (AvgIpc) is 2.44. The molecule has 0 unspecified atom stereocenters. The normalized spacial score (nSPS) is 23.1. The number of rotatable bonds is 6. The third-order valence-electron chi connectivity index (χ3n) is 3.96. The van der Waals surface area contributed by atoms with E-state index in [-0.39, 0.29) is 0 Å². The van der Waals surface area contributed by atoms with Crippen LogP contribution in [0.2, 0.25) is 0 Å². The van der Waals surface area contributed by atoms with Gasteiger partial charge in [0.15, 0.2) is 0 Å². The molecule has 1 aliphatic rings. The minimum atomic E-state index is 0.580. The molecule has 0 bridgehead atoms. The number of hydrogen-bond acceptors (Lipinski definition) is 3. The zero-order valence-electron chi connectivity index (χ0n) is 12.2. The molecule has 0 saturated heterocycles. The maximum Gasteiger partial charge on any atom is 0.237 e. The Labute approximate surface area is 116 Å². The van der Waals surface area contributed by atoms with E-state index in [2.05, 4.69) is 23.3 Å². The van der Waals surface area contributed by atoms with E-state index < -0.39 is 0 Å². The molecule has 1 aliphatic carbocycles. The van der Waals surface area contributed by atoms with Crippen molar-refractivity contribution in [3.8, 4) is 5.88 Å². The molecule has 0 amide bonds. The summed E-state index contributed by atoms with van der Waals surface area (Å²) >= 11 is 0. The first kappa shape index (κ1) is 14.2. The minimum absolute atomic E-state index is 0.580. The lowest BCUT2D eigenvalue weighted by Gasteiger charge is -2.29. The van der Waals surface area contributed by atoms with E-state index in [0.29, 0.717) is 12.6 Å². The fraction of sp³-hybridized carbons (Fsp3) is 0.688. The van der Waals surface area contributed by atoms with Crippen molar-refractivity contribution < 1.29 is 4.74 Å². The zero-order valence-corrected chi connectivity index (χ0v) is 12.2. The van der Waals surface area contributed by atoms with Gasteiger partial charge in [-0.2, -0.15) is 0 Å². The van der Waals surface area contributed by atoms with Crippen molar-refractivity contribution in [1.29, 1.82) is 0 Å². The Morgan fingerprint density at radius 2 is 2.05 bits per heavy atom. The van der Waals surface area contributed by atoms with Crippen LogP contribution in [0.5, 0.6) is 5.88 Å². The summed E-state index contributed by atoms with van der Waals surface area (Å²) in [6, 6.07) is 4.61. The Kier molecular flexibility index (Phi) is 5.49. The molecule has 1 N–H and O–H groups in total. The van der Waals surface area contributed by atoms with Gasteiger partial charge in [0.2, 0.25) is 5.88 Å². The fourth-order valence-electron chi connectivity index (χ4n) is 2.98. The van der Waals surface area contributed by atoms with Crippen molar-refractivity contribution in [1.82, 2.24) is 4.98 Å². The predicted molar refractivity (Wildman–Crippen MR) is 79.7 cm³/mol. The summed E-state index contributed by atoms with van der Waals surface area (Å²) in [5, 5.41) is 3.61. The van der Waals surface area contributed by atoms with E-state index in [4.69, 9.17) is 4.74 Å². The van der Waals surface area contributed by atoms with Gasteiger partial charge in [-0.25, -0.2) is 4.98 Å². The van der Waals surface area contributed by atoms with Crippen LogP contribution in [0, 0.1) is 5.92 Å². The Balaban J connectivity index is 1.88. The molecule has 1 aromatic heterocycles. The van der Waals surface area contributed by atoms with Crippen molar-refractivity contribution in [2.75, 3.05) is 11.9 Å². The lowest BCUT2D eigenvalue weighted by molar-refractivity contribution is 0.314. The molecule has 19 heavy (non-hydrogen) atoms. The predicted octanol–water partition coefficient (Wildman–Crippen LogP) is 4.25. The number of pyridine rings is 1. The highest BCUT2D eigenvalue weighted by Gasteiger charge is 2.21. The molecule has 0 spiro atoms. The molecule has 1 heterocycles. The lowest BCUT2D eigenvalue weighted by atomic mass is 9.83. The fourth-order valence-corrected chi connectivity index (χ4v) is 2.98. The van der Waals surface area contributed by atoms with Crippen LogP contribution in [0.1, 0.15) is 52.4 Å². The number of aromatic nitrogens is 1. The van der Waals surface area contributed by atoms with E-state index in [1.807, 2.05) is 13.0 Å². The van der Waals surface area contributed by atoms with Gasteiger partial charge in [-0.3, -0.25) is 0 Å². The number of hydrogen-bond donors (Lipinski definition) is 1. The first-order valence-electron chi connectivity index (χ1n) is 7.67. The van der Waals surface area contributed by atoms with Crippen LogP contribution < -0.4 is 10.1 Å². The molecule has 0 aliphatic heterocycles. The second-order valence-corrected chi connectivity index (χ2v) is 5.44. The van der Waals surface area contributed by atoms with E-state index in [9.17, 15) is 0 Å². The quantitative estimate of drug-likeness (QED) is 0.832. The highest BCUT2D eigenvalue weighted by Crippen LogP contribution is 2.31. The van der Waals surface area contributed by atoms with Gasteiger partial charge in [0, 0.05) is 12.2 Å². The van der Waals surface area contributed by atoms with Gasteiger partial charge in [0.05, 0.1) is 12.3 Å². The molecular formula is C16H26N2O. The molecule has 0 atom stereocenters. The average molecular weight is 262 g/mol. The van der Waals surface area contributed by atoms with Gasteiger partial charge in [-0.1, -0.05) is 19.8 Å². The SMILES string of the molecule is CCCC1CCC(Nc2cccnc2OCC)CC1. The second kappa shape index (κ2) is 7.37. The number of ether oxygens (including phenoxy) is 1. The molecule has 2 rings (SSSR count). The maximum atomic E-state index is 5.56. The molecule has 0 radical (unpaired) electrons. The van der Waals surface area contributed by atoms with E-state index in [1.165, 1.54) is 38.5 Å². The van der Waals surface area contributed by atoms with Gasteiger partial charge >= 0.3 is 0 Å². The molecule has 1 aromatic rings. The third-order valence-corrected chi connectivity index (χ3v) is 3.96. The van der Waals surface area contributed by atoms with Crippen molar-refractivity contribution in [2.24, 2.45) is 5.92 Å². The summed E-state index contributed by atoms with van der Waals surface area (Å²) in [7, 11) is 0. The Morgan fingerprint density at radius 3 is 2.74 bits per heavy atom. The Hall–Kier alpha value is -1.25. The van der Waals surface area contributed by atoms with Crippen molar-refractivity contribution in [2.45, 2.75) is 58.4 Å². The van der Waals surface area contributed by atoms with Gasteiger partial charge < -0.3 is 10.1 Å². The first-order chi connectivity index (χ1) is 9.33. The number of nitrogens with one attached hydrogen (secondary N) is 1. The largest absolute Gasteiger partial charge is 0.476 e. The van der Waals surface area contributed by atoms with Gasteiger partial charge in [-0.15, -0.1) is 0 Å². The summed E-state index contributed by atoms with van der Waals surface area (Å²) < 4.78 is 5.56. The van der Waals surface area contributed by atoms with Gasteiger partial charge in [-0.05, 0) is 50.7 Å². The van der Waals surface area contributed by atoms with Crippen LogP contribution in [0.15, 0.2) is 18.3 Å². The summed E-state index contributed by atoms with van der Waals surface area (Å²) in [6.45, 7) is 4.94. The third kappa shape index (κ3) is 4.12. The van der Waals surface area contributed by atoms with Crippen molar-refractivity contribution >= 4 is 5.69 Å². The molecule has 106 valence electrons. The summed E-state index contributed by atoms with van der Waals surface area (Å²) in [5.41, 5.74) is 1.04. The summed E-state index contributed by atoms with van der Waals surface area (Å²) in [6.07, 6.45) is 9.75. The maximum absolute atomic E-state index is 5.56. The van der Waals surface area contributed by atoms with E-state index in [1.54, 1.807) is 6.20 Å². The number of nitrogens with zero attached hydrogens (tertiary/aromatic N) is 1. The highest BCUT2D eigenvalue weighted by atomic mass is 16.5. The zero-order chi connectivity index (χ0) is 13.5. The minimum Gasteiger partial charge on any atom is -0.476 e. The summed E-state index contributed by atoms with van der Waals surface area (Å²) in [5.74, 6) is 1.68. The van der Waals surface area contributed by atoms with Gasteiger partial charge in [0.25, 0.3) is 0 Å². The van der Waals surface area contributed by atoms with Crippen LogP contribution in [0.4, 0.5) is 5.69 Å². The second-order valence-electron chi connectivity index (χ2n) is 5.44. The van der Waals surface area contributed by atoms with E-state index >= 15 is 0 Å². The first-order valence-corrected chi connectivity index (χ1v) is 7.67. The van der Waals surface area contributed by atoms with Crippen LogP contribution >= 0.6 is 0 Å². The monoisotopic (exact) mass is 262 g/mol. The van der Waals surface area contributed by atoms with Gasteiger partial charge in [0.1, 0.15) is 0 Å². The van der Waals surface area contributed by atoms with Crippen LogP contribution in [-0.2, 0) is 0 Å². The Morgan fingerprint density at radius 1 is 1.26 bits per heavy atom. The molecule has 3 nitrogen and oxygen atoms in total.